The predicted octanol–water partition coefficient (Wildman–Crippen LogP) is 4.87. The molecule has 0 saturated carbocycles. The molecular weight excluding hydrogens is 289 g/mol. The molecule has 0 fully saturated rings. The van der Waals surface area contributed by atoms with Gasteiger partial charge in [0.2, 0.25) is 0 Å². The van der Waals surface area contributed by atoms with Crippen LogP contribution in [0.5, 0.6) is 0 Å². The second-order valence-corrected chi connectivity index (χ2v) is 4.96. The average molecular weight is 302 g/mol. The zero-order valence-electron chi connectivity index (χ0n) is 11.8. The lowest BCUT2D eigenvalue weighted by Crippen LogP contribution is -2.09. The van der Waals surface area contributed by atoms with E-state index in [1.54, 1.807) is 16.8 Å². The number of aryl methyl sites for hydroxylation is 1. The van der Waals surface area contributed by atoms with Gasteiger partial charge in [-0.25, -0.2) is 4.68 Å². The van der Waals surface area contributed by atoms with Crippen LogP contribution < -0.4 is 0 Å². The van der Waals surface area contributed by atoms with Crippen LogP contribution in [0.3, 0.4) is 0 Å². The Morgan fingerprint density at radius 1 is 0.909 bits per heavy atom. The maximum absolute atomic E-state index is 13.2. The summed E-state index contributed by atoms with van der Waals surface area (Å²) in [7, 11) is 0. The molecule has 0 radical (unpaired) electrons. The summed E-state index contributed by atoms with van der Waals surface area (Å²) in [6.07, 6.45) is -2.90. The topological polar surface area (TPSA) is 17.8 Å². The molecule has 2 aromatic carbocycles. The van der Waals surface area contributed by atoms with Gasteiger partial charge in [0.1, 0.15) is 0 Å². The van der Waals surface area contributed by atoms with Crippen molar-refractivity contribution in [1.29, 1.82) is 0 Å². The highest BCUT2D eigenvalue weighted by atomic mass is 19.4. The lowest BCUT2D eigenvalue weighted by molar-refractivity contribution is -0.137. The summed E-state index contributed by atoms with van der Waals surface area (Å²) in [5, 5.41) is 4.20. The Morgan fingerprint density at radius 3 is 2.32 bits per heavy atom. The molecule has 1 heterocycles. The third kappa shape index (κ3) is 2.50. The molecule has 22 heavy (non-hydrogen) atoms. The van der Waals surface area contributed by atoms with Crippen molar-refractivity contribution in [1.82, 2.24) is 9.78 Å². The molecule has 0 bridgehead atoms. The number of benzene rings is 2. The lowest BCUT2D eigenvalue weighted by atomic mass is 10.0. The first-order valence-electron chi connectivity index (χ1n) is 6.75. The first-order valence-corrected chi connectivity index (χ1v) is 6.75. The molecule has 5 heteroatoms. The van der Waals surface area contributed by atoms with E-state index in [1.165, 1.54) is 18.3 Å². The highest BCUT2D eigenvalue weighted by Gasteiger charge is 2.34. The summed E-state index contributed by atoms with van der Waals surface area (Å²) < 4.78 is 41.2. The molecule has 1 aromatic heterocycles. The van der Waals surface area contributed by atoms with Crippen molar-refractivity contribution in [3.8, 4) is 16.9 Å². The third-order valence-electron chi connectivity index (χ3n) is 3.49. The van der Waals surface area contributed by atoms with Crippen molar-refractivity contribution < 1.29 is 13.2 Å². The Hall–Kier alpha value is -2.56. The fourth-order valence-electron chi connectivity index (χ4n) is 2.45. The van der Waals surface area contributed by atoms with Crippen molar-refractivity contribution in [3.05, 3.63) is 71.9 Å². The molecule has 0 aliphatic rings. The molecule has 0 unspecified atom stereocenters. The predicted molar refractivity (Wildman–Crippen MR) is 78.7 cm³/mol. The molecular formula is C17H13F3N2. The van der Waals surface area contributed by atoms with Gasteiger partial charge in [0.25, 0.3) is 0 Å². The quantitative estimate of drug-likeness (QED) is 0.660. The molecule has 112 valence electrons. The fraction of sp³-hybridized carbons (Fsp3) is 0.118. The van der Waals surface area contributed by atoms with E-state index in [1.807, 2.05) is 31.2 Å². The van der Waals surface area contributed by atoms with Gasteiger partial charge in [-0.1, -0.05) is 36.4 Å². The van der Waals surface area contributed by atoms with Gasteiger partial charge in [-0.15, -0.1) is 0 Å². The largest absolute Gasteiger partial charge is 0.417 e. The van der Waals surface area contributed by atoms with Crippen LogP contribution in [0.25, 0.3) is 16.9 Å². The minimum atomic E-state index is -4.41. The maximum Gasteiger partial charge on any atom is 0.417 e. The Bertz CT molecular complexity index is 803. The van der Waals surface area contributed by atoms with Gasteiger partial charge in [0.05, 0.1) is 23.1 Å². The molecule has 0 atom stereocenters. The summed E-state index contributed by atoms with van der Waals surface area (Å²) >= 11 is 0. The SMILES string of the molecule is Cc1ccccc1-n1nccc1-c1ccccc1C(F)(F)F. The molecule has 0 spiro atoms. The number of rotatable bonds is 2. The molecule has 0 aliphatic heterocycles. The lowest BCUT2D eigenvalue weighted by Gasteiger charge is -2.15. The van der Waals surface area contributed by atoms with Gasteiger partial charge in [0, 0.05) is 5.56 Å². The monoisotopic (exact) mass is 302 g/mol. The number of aromatic nitrogens is 2. The van der Waals surface area contributed by atoms with Gasteiger partial charge in [0.15, 0.2) is 0 Å². The van der Waals surface area contributed by atoms with Crippen molar-refractivity contribution in [2.75, 3.05) is 0 Å². The second-order valence-electron chi connectivity index (χ2n) is 4.96. The van der Waals surface area contributed by atoms with Crippen LogP contribution in [0.4, 0.5) is 13.2 Å². The number of alkyl halides is 3. The molecule has 0 saturated heterocycles. The Labute approximate surface area is 125 Å². The second kappa shape index (κ2) is 5.33. The number of para-hydroxylation sites is 1. The molecule has 0 amide bonds. The summed E-state index contributed by atoms with van der Waals surface area (Å²) in [6.45, 7) is 1.90. The third-order valence-corrected chi connectivity index (χ3v) is 3.49. The van der Waals surface area contributed by atoms with Crippen LogP contribution in [0.1, 0.15) is 11.1 Å². The molecule has 0 N–H and O–H groups in total. The normalized spacial score (nSPS) is 11.6. The zero-order chi connectivity index (χ0) is 15.7. The smallest absolute Gasteiger partial charge is 0.233 e. The van der Waals surface area contributed by atoms with Gasteiger partial charge in [-0.05, 0) is 30.7 Å². The minimum Gasteiger partial charge on any atom is -0.233 e. The van der Waals surface area contributed by atoms with Gasteiger partial charge in [-0.2, -0.15) is 18.3 Å². The van der Waals surface area contributed by atoms with Gasteiger partial charge in [-0.3, -0.25) is 0 Å². The summed E-state index contributed by atoms with van der Waals surface area (Å²) in [5.74, 6) is 0. The van der Waals surface area contributed by atoms with Crippen LogP contribution in [0.2, 0.25) is 0 Å². The van der Waals surface area contributed by atoms with E-state index in [9.17, 15) is 13.2 Å². The Morgan fingerprint density at radius 2 is 1.59 bits per heavy atom. The Kier molecular flexibility index (Phi) is 3.48. The average Bonchev–Trinajstić information content (AvgIpc) is 2.96. The molecule has 3 aromatic rings. The highest BCUT2D eigenvalue weighted by Crippen LogP contribution is 2.37. The zero-order valence-corrected chi connectivity index (χ0v) is 11.8. The number of halogens is 3. The van der Waals surface area contributed by atoms with Crippen molar-refractivity contribution in [3.63, 3.8) is 0 Å². The van der Waals surface area contributed by atoms with E-state index in [-0.39, 0.29) is 5.56 Å². The van der Waals surface area contributed by atoms with E-state index in [2.05, 4.69) is 5.10 Å². The van der Waals surface area contributed by atoms with Gasteiger partial charge >= 0.3 is 6.18 Å². The summed E-state index contributed by atoms with van der Waals surface area (Å²) in [4.78, 5) is 0. The minimum absolute atomic E-state index is 0.121. The summed E-state index contributed by atoms with van der Waals surface area (Å²) in [5.41, 5.74) is 1.58. The molecule has 0 aliphatic carbocycles. The first kappa shape index (κ1) is 14.4. The molecule has 2 nitrogen and oxygen atoms in total. The van der Waals surface area contributed by atoms with Crippen molar-refractivity contribution in [2.24, 2.45) is 0 Å². The van der Waals surface area contributed by atoms with Crippen molar-refractivity contribution in [2.45, 2.75) is 13.1 Å². The number of nitrogens with zero attached hydrogens (tertiary/aromatic N) is 2. The number of hydrogen-bond acceptors (Lipinski definition) is 1. The Balaban J connectivity index is 2.21. The van der Waals surface area contributed by atoms with E-state index in [4.69, 9.17) is 0 Å². The standard InChI is InChI=1S/C17H13F3N2/c1-12-6-2-5-9-15(12)22-16(10-11-21-22)13-7-3-4-8-14(13)17(18,19)20/h2-11H,1H3. The van der Waals surface area contributed by atoms with E-state index < -0.39 is 11.7 Å². The molecule has 3 rings (SSSR count). The van der Waals surface area contributed by atoms with E-state index in [0.29, 0.717) is 5.69 Å². The van der Waals surface area contributed by atoms with Crippen LogP contribution in [0, 0.1) is 6.92 Å². The summed E-state index contributed by atoms with van der Waals surface area (Å²) in [6, 6.07) is 14.6. The van der Waals surface area contributed by atoms with Crippen LogP contribution in [-0.2, 0) is 6.18 Å². The van der Waals surface area contributed by atoms with E-state index >= 15 is 0 Å². The first-order chi connectivity index (χ1) is 10.5. The van der Waals surface area contributed by atoms with Gasteiger partial charge < -0.3 is 0 Å². The van der Waals surface area contributed by atoms with Crippen LogP contribution in [0.15, 0.2) is 60.8 Å². The van der Waals surface area contributed by atoms with Crippen LogP contribution >= 0.6 is 0 Å². The van der Waals surface area contributed by atoms with Crippen molar-refractivity contribution >= 4 is 0 Å². The van der Waals surface area contributed by atoms with Crippen LogP contribution in [-0.4, -0.2) is 9.78 Å². The van der Waals surface area contributed by atoms with E-state index in [0.717, 1.165) is 17.3 Å². The maximum atomic E-state index is 13.2. The number of hydrogen-bond donors (Lipinski definition) is 0. The highest BCUT2D eigenvalue weighted by molar-refractivity contribution is 5.67. The fourth-order valence-corrected chi connectivity index (χ4v) is 2.45.